The van der Waals surface area contributed by atoms with E-state index in [4.69, 9.17) is 11.5 Å². The quantitative estimate of drug-likeness (QED) is 0.502. The zero-order valence-corrected chi connectivity index (χ0v) is 13.8. The Morgan fingerprint density at radius 3 is 2.82 bits per heavy atom. The van der Waals surface area contributed by atoms with Crippen LogP contribution < -0.4 is 11.5 Å². The molecule has 0 bridgehead atoms. The van der Waals surface area contributed by atoms with E-state index in [1.165, 1.54) is 5.56 Å². The van der Waals surface area contributed by atoms with Crippen LogP contribution in [0.4, 0.5) is 0 Å². The Labute approximate surface area is 139 Å². The van der Waals surface area contributed by atoms with E-state index in [-0.39, 0.29) is 18.4 Å². The highest BCUT2D eigenvalue weighted by molar-refractivity contribution is 7.08. The van der Waals surface area contributed by atoms with Gasteiger partial charge >= 0.3 is 0 Å². The van der Waals surface area contributed by atoms with Crippen molar-refractivity contribution in [2.75, 3.05) is 0 Å². The minimum atomic E-state index is -0.0248. The second-order valence-corrected chi connectivity index (χ2v) is 5.96. The number of thiophene rings is 1. The lowest BCUT2D eigenvalue weighted by Gasteiger charge is -2.25. The van der Waals surface area contributed by atoms with Crippen LogP contribution >= 0.6 is 23.7 Å². The fourth-order valence-electron chi connectivity index (χ4n) is 2.76. The molecule has 1 unspecified atom stereocenters. The summed E-state index contributed by atoms with van der Waals surface area (Å²) in [7, 11) is 0. The van der Waals surface area contributed by atoms with Crippen molar-refractivity contribution in [3.63, 3.8) is 0 Å². The maximum Gasteiger partial charge on any atom is 0.211 e. The SMILES string of the molecule is Cc1ccnc2c1C(=NN=C(N)N)CC(c1ccsc1)C2.Cl. The molecule has 7 heteroatoms. The number of hydrogen-bond acceptors (Lipinski definition) is 4. The third kappa shape index (κ3) is 3.28. The molecule has 0 saturated heterocycles. The van der Waals surface area contributed by atoms with Gasteiger partial charge in [0.15, 0.2) is 0 Å². The van der Waals surface area contributed by atoms with E-state index >= 15 is 0 Å². The molecule has 0 fully saturated rings. The van der Waals surface area contributed by atoms with Gasteiger partial charge in [-0.3, -0.25) is 4.98 Å². The number of nitrogens with zero attached hydrogens (tertiary/aromatic N) is 3. The van der Waals surface area contributed by atoms with Gasteiger partial charge in [-0.25, -0.2) is 0 Å². The normalized spacial score (nSPS) is 18.4. The van der Waals surface area contributed by atoms with E-state index in [0.717, 1.165) is 35.4 Å². The van der Waals surface area contributed by atoms with Crippen LogP contribution in [0.5, 0.6) is 0 Å². The molecule has 3 rings (SSSR count). The summed E-state index contributed by atoms with van der Waals surface area (Å²) in [6.45, 7) is 2.07. The molecule has 0 saturated carbocycles. The standard InChI is InChI=1S/C15H17N5S.ClH/c1-9-2-4-18-12-6-11(10-3-5-21-8-10)7-13(14(9)12)19-20-15(16)17;/h2-5,8,11H,6-7H2,1H3,(H4,16,17,20);1H. The molecule has 5 nitrogen and oxygen atoms in total. The van der Waals surface area contributed by atoms with Crippen LogP contribution in [0, 0.1) is 6.92 Å². The molecule has 116 valence electrons. The Kier molecular flexibility index (Phi) is 5.15. The monoisotopic (exact) mass is 335 g/mol. The molecule has 1 aliphatic carbocycles. The lowest BCUT2D eigenvalue weighted by molar-refractivity contribution is 0.679. The number of fused-ring (bicyclic) bond motifs is 1. The van der Waals surface area contributed by atoms with E-state index in [1.807, 2.05) is 12.3 Å². The first-order chi connectivity index (χ1) is 10.1. The maximum absolute atomic E-state index is 5.40. The third-order valence-corrected chi connectivity index (χ3v) is 4.41. The van der Waals surface area contributed by atoms with Crippen molar-refractivity contribution in [2.24, 2.45) is 21.7 Å². The molecular weight excluding hydrogens is 318 g/mol. The molecular formula is C15H18ClN5S. The van der Waals surface area contributed by atoms with Crippen molar-refractivity contribution in [3.05, 3.63) is 51.5 Å². The summed E-state index contributed by atoms with van der Waals surface area (Å²) < 4.78 is 0. The molecule has 1 atom stereocenters. The zero-order chi connectivity index (χ0) is 14.8. The predicted octanol–water partition coefficient (Wildman–Crippen LogP) is 2.58. The number of aryl methyl sites for hydroxylation is 1. The van der Waals surface area contributed by atoms with Crippen molar-refractivity contribution in [3.8, 4) is 0 Å². The highest BCUT2D eigenvalue weighted by Crippen LogP contribution is 2.34. The van der Waals surface area contributed by atoms with Crippen molar-refractivity contribution in [2.45, 2.75) is 25.7 Å². The van der Waals surface area contributed by atoms with Gasteiger partial charge in [-0.15, -0.1) is 17.5 Å². The molecule has 2 heterocycles. The van der Waals surface area contributed by atoms with Crippen LogP contribution in [0.2, 0.25) is 0 Å². The van der Waals surface area contributed by atoms with E-state index in [0.29, 0.717) is 5.92 Å². The van der Waals surface area contributed by atoms with Gasteiger partial charge < -0.3 is 11.5 Å². The number of aromatic nitrogens is 1. The number of hydrogen-bond donors (Lipinski definition) is 2. The molecule has 0 aromatic carbocycles. The lowest BCUT2D eigenvalue weighted by Crippen LogP contribution is -2.24. The van der Waals surface area contributed by atoms with Crippen molar-refractivity contribution in [1.82, 2.24) is 4.98 Å². The molecule has 22 heavy (non-hydrogen) atoms. The van der Waals surface area contributed by atoms with Crippen molar-refractivity contribution >= 4 is 35.4 Å². The Morgan fingerprint density at radius 2 is 2.14 bits per heavy atom. The zero-order valence-electron chi connectivity index (χ0n) is 12.2. The fourth-order valence-corrected chi connectivity index (χ4v) is 3.50. The fraction of sp³-hybridized carbons (Fsp3) is 0.267. The van der Waals surface area contributed by atoms with Gasteiger partial charge in [-0.05, 0) is 59.7 Å². The van der Waals surface area contributed by atoms with Crippen LogP contribution in [0.25, 0.3) is 0 Å². The number of rotatable bonds is 2. The second-order valence-electron chi connectivity index (χ2n) is 5.18. The van der Waals surface area contributed by atoms with E-state index in [2.05, 4.69) is 38.9 Å². The van der Waals surface area contributed by atoms with Gasteiger partial charge in [0.05, 0.1) is 11.4 Å². The largest absolute Gasteiger partial charge is 0.369 e. The predicted molar refractivity (Wildman–Crippen MR) is 93.9 cm³/mol. The summed E-state index contributed by atoms with van der Waals surface area (Å²) >= 11 is 1.71. The third-order valence-electron chi connectivity index (χ3n) is 3.71. The minimum Gasteiger partial charge on any atom is -0.369 e. The van der Waals surface area contributed by atoms with Crippen molar-refractivity contribution in [1.29, 1.82) is 0 Å². The summed E-state index contributed by atoms with van der Waals surface area (Å²) in [5.74, 6) is 0.356. The van der Waals surface area contributed by atoms with Crippen LogP contribution in [0.3, 0.4) is 0 Å². The van der Waals surface area contributed by atoms with Gasteiger partial charge in [-0.2, -0.15) is 16.4 Å². The minimum absolute atomic E-state index is 0. The number of halogens is 1. The van der Waals surface area contributed by atoms with E-state index in [1.54, 1.807) is 11.3 Å². The van der Waals surface area contributed by atoms with Gasteiger partial charge in [-0.1, -0.05) is 0 Å². The highest BCUT2D eigenvalue weighted by atomic mass is 35.5. The van der Waals surface area contributed by atoms with Crippen LogP contribution in [-0.4, -0.2) is 16.7 Å². The Bertz CT molecular complexity index is 705. The second kappa shape index (κ2) is 6.89. The van der Waals surface area contributed by atoms with Gasteiger partial charge in [0.25, 0.3) is 0 Å². The summed E-state index contributed by atoms with van der Waals surface area (Å²) in [6, 6.07) is 4.16. The van der Waals surface area contributed by atoms with Gasteiger partial charge in [0.2, 0.25) is 5.96 Å². The van der Waals surface area contributed by atoms with Crippen LogP contribution in [0.15, 0.2) is 39.3 Å². The highest BCUT2D eigenvalue weighted by Gasteiger charge is 2.27. The number of pyridine rings is 1. The number of guanidine groups is 1. The summed E-state index contributed by atoms with van der Waals surface area (Å²) in [6.07, 6.45) is 3.60. The summed E-state index contributed by atoms with van der Waals surface area (Å²) in [5, 5.41) is 12.4. The molecule has 2 aromatic heterocycles. The average molecular weight is 336 g/mol. The number of nitrogens with two attached hydrogens (primary N) is 2. The van der Waals surface area contributed by atoms with E-state index in [9.17, 15) is 0 Å². The smallest absolute Gasteiger partial charge is 0.211 e. The molecule has 1 aliphatic rings. The molecule has 0 spiro atoms. The average Bonchev–Trinajstić information content (AvgIpc) is 2.98. The van der Waals surface area contributed by atoms with Gasteiger partial charge in [0, 0.05) is 11.8 Å². The first-order valence-corrected chi connectivity index (χ1v) is 7.72. The molecule has 4 N–H and O–H groups in total. The first kappa shape index (κ1) is 16.5. The Balaban J connectivity index is 0.00000176. The molecule has 0 aliphatic heterocycles. The molecule has 2 aromatic rings. The van der Waals surface area contributed by atoms with Crippen molar-refractivity contribution < 1.29 is 0 Å². The summed E-state index contributed by atoms with van der Waals surface area (Å²) in [5.41, 5.74) is 16.4. The Morgan fingerprint density at radius 1 is 1.32 bits per heavy atom. The topological polar surface area (TPSA) is 89.6 Å². The lowest BCUT2D eigenvalue weighted by atomic mass is 9.81. The molecule has 0 radical (unpaired) electrons. The van der Waals surface area contributed by atoms with Gasteiger partial charge in [0.1, 0.15) is 0 Å². The Hall–Kier alpha value is -1.92. The van der Waals surface area contributed by atoms with E-state index < -0.39 is 0 Å². The van der Waals surface area contributed by atoms with Crippen LogP contribution in [0.1, 0.15) is 34.7 Å². The maximum atomic E-state index is 5.40. The van der Waals surface area contributed by atoms with Crippen LogP contribution in [-0.2, 0) is 6.42 Å². The molecule has 0 amide bonds. The summed E-state index contributed by atoms with van der Waals surface area (Å²) in [4.78, 5) is 4.53. The first-order valence-electron chi connectivity index (χ1n) is 6.77.